The predicted molar refractivity (Wildman–Crippen MR) is 108 cm³/mol. The third kappa shape index (κ3) is 4.20. The Hall–Kier alpha value is -2.03. The van der Waals surface area contributed by atoms with Crippen LogP contribution in [0.1, 0.15) is 37.6 Å². The van der Waals surface area contributed by atoms with Crippen LogP contribution in [0, 0.1) is 0 Å². The third-order valence-corrected chi connectivity index (χ3v) is 5.77. The maximum Gasteiger partial charge on any atom is 0.254 e. The van der Waals surface area contributed by atoms with Crippen LogP contribution in [-0.4, -0.2) is 39.7 Å². The summed E-state index contributed by atoms with van der Waals surface area (Å²) in [6.07, 6.45) is 3.54. The number of carbonyl (C=O) groups is 1. The molecule has 3 heterocycles. The average Bonchev–Trinajstić information content (AvgIpc) is 3.23. The third-order valence-electron chi connectivity index (χ3n) is 3.76. The van der Waals surface area contributed by atoms with Crippen LogP contribution in [0.2, 0.25) is 0 Å². The molecule has 0 bridgehead atoms. The molecule has 0 saturated carbocycles. The van der Waals surface area contributed by atoms with Crippen LogP contribution < -0.4 is 10.6 Å². The Morgan fingerprint density at radius 2 is 2.08 bits per heavy atom. The van der Waals surface area contributed by atoms with E-state index in [1.165, 1.54) is 0 Å². The molecule has 3 aromatic rings. The van der Waals surface area contributed by atoms with Crippen LogP contribution in [0.25, 0.3) is 20.0 Å². The molecule has 1 atom stereocenters. The smallest absolute Gasteiger partial charge is 0.254 e. The number of rotatable bonds is 7. The second kappa shape index (κ2) is 8.11. The van der Waals surface area contributed by atoms with Gasteiger partial charge in [-0.05, 0) is 33.3 Å². The van der Waals surface area contributed by atoms with E-state index in [0.717, 1.165) is 25.7 Å². The maximum absolute atomic E-state index is 12.6. The Kier molecular flexibility index (Phi) is 5.85. The van der Waals surface area contributed by atoms with E-state index in [9.17, 15) is 9.90 Å². The van der Waals surface area contributed by atoms with Gasteiger partial charge >= 0.3 is 0 Å². The number of hydrogen-bond acceptors (Lipinski definition) is 7. The molecule has 0 aliphatic carbocycles. The molecule has 26 heavy (non-hydrogen) atoms. The summed E-state index contributed by atoms with van der Waals surface area (Å²) in [6.45, 7) is 6.21. The van der Waals surface area contributed by atoms with E-state index in [-0.39, 0.29) is 11.9 Å². The zero-order valence-electron chi connectivity index (χ0n) is 14.9. The number of aliphatic hydroxyl groups is 1. The zero-order chi connectivity index (χ0) is 18.7. The number of nitrogens with one attached hydrogen (secondary N) is 2. The number of thiazole rings is 1. The first kappa shape index (κ1) is 18.8. The van der Waals surface area contributed by atoms with E-state index < -0.39 is 6.10 Å². The highest BCUT2D eigenvalue weighted by Crippen LogP contribution is 2.38. The first-order valence-electron chi connectivity index (χ1n) is 8.50. The number of fused-ring (bicyclic) bond motifs is 1. The summed E-state index contributed by atoms with van der Waals surface area (Å²) in [5.41, 5.74) is 3.12. The SMILES string of the molecule is CC(O)CCNC(=O)c1cnc2sc(-c3cncs3)cc2c1NC(C)C. The second-order valence-electron chi connectivity index (χ2n) is 6.43. The zero-order valence-corrected chi connectivity index (χ0v) is 16.6. The fourth-order valence-electron chi connectivity index (χ4n) is 2.55. The van der Waals surface area contributed by atoms with Gasteiger partial charge in [-0.15, -0.1) is 22.7 Å². The topological polar surface area (TPSA) is 87.1 Å². The molecule has 0 aliphatic rings. The van der Waals surface area contributed by atoms with E-state index in [1.54, 1.807) is 41.3 Å². The highest BCUT2D eigenvalue weighted by Gasteiger charge is 2.19. The average molecular weight is 391 g/mol. The molecule has 3 aromatic heterocycles. The normalized spacial score (nSPS) is 12.5. The lowest BCUT2D eigenvalue weighted by Crippen LogP contribution is -2.28. The van der Waals surface area contributed by atoms with E-state index in [1.807, 2.05) is 20.0 Å². The second-order valence-corrected chi connectivity index (χ2v) is 8.35. The predicted octanol–water partition coefficient (Wildman–Crippen LogP) is 3.74. The number of nitrogens with zero attached hydrogens (tertiary/aromatic N) is 2. The summed E-state index contributed by atoms with van der Waals surface area (Å²) in [4.78, 5) is 24.3. The lowest BCUT2D eigenvalue weighted by atomic mass is 10.1. The van der Waals surface area contributed by atoms with Gasteiger partial charge in [0, 0.05) is 35.2 Å². The highest BCUT2D eigenvalue weighted by atomic mass is 32.1. The van der Waals surface area contributed by atoms with Crippen molar-refractivity contribution < 1.29 is 9.90 Å². The van der Waals surface area contributed by atoms with Crippen molar-refractivity contribution >= 4 is 44.5 Å². The monoisotopic (exact) mass is 390 g/mol. The van der Waals surface area contributed by atoms with Gasteiger partial charge in [0.05, 0.1) is 27.7 Å². The van der Waals surface area contributed by atoms with Crippen molar-refractivity contribution in [3.63, 3.8) is 0 Å². The van der Waals surface area contributed by atoms with E-state index >= 15 is 0 Å². The summed E-state index contributed by atoms with van der Waals surface area (Å²) in [6, 6.07) is 2.24. The van der Waals surface area contributed by atoms with E-state index in [4.69, 9.17) is 0 Å². The van der Waals surface area contributed by atoms with Gasteiger partial charge in [-0.3, -0.25) is 9.78 Å². The van der Waals surface area contributed by atoms with Crippen molar-refractivity contribution in [1.29, 1.82) is 0 Å². The van der Waals surface area contributed by atoms with Gasteiger partial charge < -0.3 is 15.7 Å². The van der Waals surface area contributed by atoms with Crippen LogP contribution in [0.15, 0.2) is 24.0 Å². The molecule has 0 spiro atoms. The maximum atomic E-state index is 12.6. The number of pyridine rings is 1. The number of thiophene rings is 1. The van der Waals surface area contributed by atoms with Crippen LogP contribution in [-0.2, 0) is 0 Å². The van der Waals surface area contributed by atoms with Crippen molar-refractivity contribution in [3.8, 4) is 9.75 Å². The lowest BCUT2D eigenvalue weighted by molar-refractivity contribution is 0.0946. The quantitative estimate of drug-likeness (QED) is 0.572. The molecule has 8 heteroatoms. The van der Waals surface area contributed by atoms with Crippen molar-refractivity contribution in [2.45, 2.75) is 39.3 Å². The van der Waals surface area contributed by atoms with Gasteiger partial charge in [-0.25, -0.2) is 4.98 Å². The molecule has 1 unspecified atom stereocenters. The number of anilines is 1. The van der Waals surface area contributed by atoms with Gasteiger partial charge in [0.2, 0.25) is 0 Å². The van der Waals surface area contributed by atoms with Crippen LogP contribution >= 0.6 is 22.7 Å². The van der Waals surface area contributed by atoms with Gasteiger partial charge in [-0.2, -0.15) is 0 Å². The largest absolute Gasteiger partial charge is 0.393 e. The van der Waals surface area contributed by atoms with E-state index in [0.29, 0.717) is 18.5 Å². The van der Waals surface area contributed by atoms with Crippen molar-refractivity contribution in [2.24, 2.45) is 0 Å². The van der Waals surface area contributed by atoms with Gasteiger partial charge in [0.1, 0.15) is 4.83 Å². The van der Waals surface area contributed by atoms with Crippen molar-refractivity contribution in [3.05, 3.63) is 29.5 Å². The summed E-state index contributed by atoms with van der Waals surface area (Å²) < 4.78 is 0. The van der Waals surface area contributed by atoms with Crippen molar-refractivity contribution in [1.82, 2.24) is 15.3 Å². The minimum atomic E-state index is -0.442. The fourth-order valence-corrected chi connectivity index (χ4v) is 4.27. The molecule has 0 aromatic carbocycles. The molecule has 3 rings (SSSR count). The number of amides is 1. The molecule has 0 fully saturated rings. The number of hydrogen-bond donors (Lipinski definition) is 3. The van der Waals surface area contributed by atoms with Gasteiger partial charge in [0.25, 0.3) is 5.91 Å². The Morgan fingerprint density at radius 3 is 2.73 bits per heavy atom. The number of aliphatic hydroxyl groups excluding tert-OH is 1. The molecule has 1 amide bonds. The summed E-state index contributed by atoms with van der Waals surface area (Å²) in [5.74, 6) is -0.186. The molecule has 0 radical (unpaired) electrons. The molecular weight excluding hydrogens is 368 g/mol. The first-order chi connectivity index (χ1) is 12.5. The summed E-state index contributed by atoms with van der Waals surface area (Å²) >= 11 is 3.18. The molecule has 3 N–H and O–H groups in total. The van der Waals surface area contributed by atoms with Gasteiger partial charge in [-0.1, -0.05) is 0 Å². The molecule has 6 nitrogen and oxygen atoms in total. The number of carbonyl (C=O) groups excluding carboxylic acids is 1. The number of aromatic nitrogens is 2. The molecule has 0 aliphatic heterocycles. The summed E-state index contributed by atoms with van der Waals surface area (Å²) in [5, 5.41) is 16.6. The first-order valence-corrected chi connectivity index (χ1v) is 10.2. The fraction of sp³-hybridized carbons (Fsp3) is 0.389. The molecule has 138 valence electrons. The Morgan fingerprint density at radius 1 is 1.27 bits per heavy atom. The van der Waals surface area contributed by atoms with Gasteiger partial charge in [0.15, 0.2) is 0 Å². The van der Waals surface area contributed by atoms with E-state index in [2.05, 4.69) is 26.7 Å². The van der Waals surface area contributed by atoms with Crippen LogP contribution in [0.4, 0.5) is 5.69 Å². The molecular formula is C18H22N4O2S2. The Balaban J connectivity index is 1.98. The Labute approximate surface area is 160 Å². The molecule has 0 saturated heterocycles. The summed E-state index contributed by atoms with van der Waals surface area (Å²) in [7, 11) is 0. The highest BCUT2D eigenvalue weighted by molar-refractivity contribution is 7.25. The minimum Gasteiger partial charge on any atom is -0.393 e. The standard InChI is InChI=1S/C18H22N4O2S2/c1-10(2)22-16-12-6-14(15-8-19-9-25-15)26-18(12)21-7-13(16)17(24)20-5-4-11(3)23/h6-11,23H,4-5H2,1-3H3,(H,20,24)(H,21,22). The lowest BCUT2D eigenvalue weighted by Gasteiger charge is -2.16. The van der Waals surface area contributed by atoms with Crippen molar-refractivity contribution in [2.75, 3.05) is 11.9 Å². The Bertz CT molecular complexity index is 888. The van der Waals surface area contributed by atoms with Crippen LogP contribution in [0.3, 0.4) is 0 Å². The minimum absolute atomic E-state index is 0.177. The van der Waals surface area contributed by atoms with Crippen LogP contribution in [0.5, 0.6) is 0 Å².